The van der Waals surface area contributed by atoms with Crippen molar-refractivity contribution in [2.75, 3.05) is 18.5 Å². The van der Waals surface area contributed by atoms with Gasteiger partial charge in [-0.3, -0.25) is 9.59 Å². The maximum Gasteiger partial charge on any atom is 0.272 e. The smallest absolute Gasteiger partial charge is 0.272 e. The van der Waals surface area contributed by atoms with Crippen LogP contribution in [0.5, 0.6) is 5.75 Å². The molecule has 5 heteroatoms. The van der Waals surface area contributed by atoms with Crippen molar-refractivity contribution in [2.24, 2.45) is 0 Å². The van der Waals surface area contributed by atoms with Crippen molar-refractivity contribution in [3.8, 4) is 5.75 Å². The summed E-state index contributed by atoms with van der Waals surface area (Å²) < 4.78 is 5.03. The summed E-state index contributed by atoms with van der Waals surface area (Å²) in [6, 6.07) is -0.215. The highest BCUT2D eigenvalue weighted by atomic mass is 16.5. The van der Waals surface area contributed by atoms with E-state index in [0.717, 1.165) is 0 Å². The van der Waals surface area contributed by atoms with E-state index in [1.807, 2.05) is 6.92 Å². The second kappa shape index (κ2) is 4.93. The molecule has 0 spiro atoms. The molecule has 0 bridgehead atoms. The quantitative estimate of drug-likeness (QED) is 0.643. The molecule has 1 rings (SSSR count). The van der Waals surface area contributed by atoms with Crippen molar-refractivity contribution in [1.29, 1.82) is 0 Å². The van der Waals surface area contributed by atoms with E-state index in [-0.39, 0.29) is 24.1 Å². The second-order valence-electron chi connectivity index (χ2n) is 3.23. The zero-order chi connectivity index (χ0) is 11.4. The molecule has 0 unspecified atom stereocenters. The van der Waals surface area contributed by atoms with Crippen molar-refractivity contribution in [3.05, 3.63) is 20.4 Å². The predicted molar refractivity (Wildman–Crippen MR) is 57.3 cm³/mol. The molecule has 0 saturated carbocycles. The lowest BCUT2D eigenvalue weighted by Crippen LogP contribution is -2.39. The van der Waals surface area contributed by atoms with Crippen LogP contribution < -0.4 is 20.9 Å². The van der Waals surface area contributed by atoms with Crippen LogP contribution in [0, 0.1) is 0 Å². The Morgan fingerprint density at radius 1 is 1.33 bits per heavy atom. The second-order valence-corrected chi connectivity index (χ2v) is 3.23. The number of aliphatic hydroxyl groups excluding tert-OH is 1. The highest BCUT2D eigenvalue weighted by Gasteiger charge is 2.23. The van der Waals surface area contributed by atoms with E-state index in [9.17, 15) is 9.59 Å². The average Bonchev–Trinajstić information content (AvgIpc) is 2.28. The van der Waals surface area contributed by atoms with Gasteiger partial charge in [0.1, 0.15) is 5.69 Å². The van der Waals surface area contributed by atoms with E-state index in [2.05, 4.69) is 5.32 Å². The van der Waals surface area contributed by atoms with E-state index in [1.165, 1.54) is 0 Å². The predicted octanol–water partition coefficient (Wildman–Crippen LogP) is -0.136. The Hall–Kier alpha value is -1.36. The summed E-state index contributed by atoms with van der Waals surface area (Å²) in [5.74, 6) is 0.0920. The number of rotatable bonds is 6. The van der Waals surface area contributed by atoms with Crippen LogP contribution >= 0.6 is 0 Å². The third kappa shape index (κ3) is 2.18. The molecule has 5 nitrogen and oxygen atoms in total. The van der Waals surface area contributed by atoms with Crippen LogP contribution in [0.3, 0.4) is 0 Å². The number of ether oxygens (including phenoxy) is 1. The number of hydrogen-bond donors (Lipinski definition) is 2. The van der Waals surface area contributed by atoms with Gasteiger partial charge in [0.05, 0.1) is 13.2 Å². The Bertz CT molecular complexity index is 388. The monoisotopic (exact) mass is 213 g/mol. The molecule has 0 aliphatic heterocycles. The van der Waals surface area contributed by atoms with Gasteiger partial charge in [-0.25, -0.2) is 0 Å². The van der Waals surface area contributed by atoms with E-state index in [0.29, 0.717) is 13.0 Å². The van der Waals surface area contributed by atoms with E-state index in [4.69, 9.17) is 9.84 Å². The molecule has 1 aromatic carbocycles. The molecule has 0 radical (unpaired) electrons. The van der Waals surface area contributed by atoms with Gasteiger partial charge in [0.2, 0.25) is 0 Å². The van der Waals surface area contributed by atoms with Crippen LogP contribution in [0.15, 0.2) is 9.59 Å². The van der Waals surface area contributed by atoms with Crippen LogP contribution in [0.1, 0.15) is 20.3 Å². The molecule has 84 valence electrons. The molecular formula is C10H15NO4. The number of anilines is 1. The Labute approximate surface area is 87.4 Å². The first-order valence-electron chi connectivity index (χ1n) is 4.99. The van der Waals surface area contributed by atoms with Gasteiger partial charge in [-0.15, -0.1) is 0 Å². The molecule has 1 atom stereocenters. The molecule has 0 saturated heterocycles. The van der Waals surface area contributed by atoms with Gasteiger partial charge in [0.25, 0.3) is 10.9 Å². The molecule has 0 aliphatic rings. The SMILES string of the molecule is CCOc1c(N[C@H](CC)CO)c(=O)c1=O. The molecule has 2 N–H and O–H groups in total. The molecule has 0 amide bonds. The number of hydrogen-bond acceptors (Lipinski definition) is 5. The van der Waals surface area contributed by atoms with Crippen molar-refractivity contribution < 1.29 is 9.84 Å². The fourth-order valence-electron chi connectivity index (χ4n) is 1.26. The van der Waals surface area contributed by atoms with Crippen LogP contribution in [0.25, 0.3) is 0 Å². The third-order valence-electron chi connectivity index (χ3n) is 2.22. The van der Waals surface area contributed by atoms with Crippen molar-refractivity contribution in [3.63, 3.8) is 0 Å². The van der Waals surface area contributed by atoms with Gasteiger partial charge in [-0.05, 0) is 13.3 Å². The zero-order valence-corrected chi connectivity index (χ0v) is 8.87. The summed E-state index contributed by atoms with van der Waals surface area (Å²) in [7, 11) is 0. The van der Waals surface area contributed by atoms with Crippen LogP contribution in [0.2, 0.25) is 0 Å². The average molecular weight is 213 g/mol. The summed E-state index contributed by atoms with van der Waals surface area (Å²) in [6.45, 7) is 3.88. The lowest BCUT2D eigenvalue weighted by atomic mass is 10.1. The highest BCUT2D eigenvalue weighted by molar-refractivity contribution is 5.62. The molecular weight excluding hydrogens is 198 g/mol. The molecule has 0 fully saturated rings. The lowest BCUT2D eigenvalue weighted by Gasteiger charge is -2.18. The van der Waals surface area contributed by atoms with Crippen molar-refractivity contribution in [2.45, 2.75) is 26.3 Å². The van der Waals surface area contributed by atoms with Gasteiger partial charge in [0, 0.05) is 6.04 Å². The Balaban J connectivity index is 2.81. The summed E-state index contributed by atoms with van der Waals surface area (Å²) in [6.07, 6.45) is 0.668. The number of aliphatic hydroxyl groups is 1. The van der Waals surface area contributed by atoms with Crippen LogP contribution in [-0.4, -0.2) is 24.4 Å². The molecule has 1 aromatic rings. The third-order valence-corrected chi connectivity index (χ3v) is 2.22. The molecule has 15 heavy (non-hydrogen) atoms. The summed E-state index contributed by atoms with van der Waals surface area (Å²) in [4.78, 5) is 22.3. The minimum absolute atomic E-state index is 0.0825. The first-order valence-corrected chi connectivity index (χ1v) is 4.99. The highest BCUT2D eigenvalue weighted by Crippen LogP contribution is 2.18. The summed E-state index contributed by atoms with van der Waals surface area (Å²) in [5, 5.41) is 11.7. The first kappa shape index (κ1) is 11.7. The number of nitrogens with one attached hydrogen (secondary N) is 1. The zero-order valence-electron chi connectivity index (χ0n) is 8.87. The maximum atomic E-state index is 11.2. The first-order chi connectivity index (χ1) is 7.15. The topological polar surface area (TPSA) is 75.6 Å². The fourth-order valence-corrected chi connectivity index (χ4v) is 1.26. The Morgan fingerprint density at radius 2 is 2.00 bits per heavy atom. The standard InChI is InChI=1S/C10H15NO4/c1-3-6(5-12)11-7-8(13)9(14)10(7)15-4-2/h6,11-12H,3-5H2,1-2H3/t6-/m1/s1. The minimum Gasteiger partial charge on any atom is -0.488 e. The maximum absolute atomic E-state index is 11.2. The van der Waals surface area contributed by atoms with E-state index >= 15 is 0 Å². The van der Waals surface area contributed by atoms with Crippen LogP contribution in [0.4, 0.5) is 5.69 Å². The lowest BCUT2D eigenvalue weighted by molar-refractivity contribution is 0.270. The molecule has 0 aliphatic carbocycles. The Kier molecular flexibility index (Phi) is 3.85. The normalized spacial score (nSPS) is 12.7. The summed E-state index contributed by atoms with van der Waals surface area (Å²) >= 11 is 0. The van der Waals surface area contributed by atoms with Gasteiger partial charge < -0.3 is 15.2 Å². The van der Waals surface area contributed by atoms with E-state index in [1.54, 1.807) is 6.92 Å². The Morgan fingerprint density at radius 3 is 2.47 bits per heavy atom. The van der Waals surface area contributed by atoms with Crippen molar-refractivity contribution in [1.82, 2.24) is 0 Å². The molecule has 0 aromatic heterocycles. The van der Waals surface area contributed by atoms with Gasteiger partial charge in [-0.1, -0.05) is 6.92 Å². The minimum atomic E-state index is -0.591. The summed E-state index contributed by atoms with van der Waals surface area (Å²) in [5.41, 5.74) is -0.958. The van der Waals surface area contributed by atoms with Crippen molar-refractivity contribution >= 4 is 5.69 Å². The van der Waals surface area contributed by atoms with Gasteiger partial charge in [-0.2, -0.15) is 0 Å². The van der Waals surface area contributed by atoms with E-state index < -0.39 is 10.9 Å². The van der Waals surface area contributed by atoms with Gasteiger partial charge in [0.15, 0.2) is 5.75 Å². The molecule has 0 heterocycles. The van der Waals surface area contributed by atoms with Crippen LogP contribution in [-0.2, 0) is 0 Å². The fraction of sp³-hybridized carbons (Fsp3) is 0.600. The largest absolute Gasteiger partial charge is 0.488 e. The van der Waals surface area contributed by atoms with Gasteiger partial charge >= 0.3 is 0 Å².